The zero-order valence-corrected chi connectivity index (χ0v) is 12.5. The lowest BCUT2D eigenvalue weighted by molar-refractivity contribution is -0.112. The Labute approximate surface area is 130 Å². The number of nitrogens with zero attached hydrogens (tertiary/aromatic N) is 1. The highest BCUT2D eigenvalue weighted by atomic mass is 79.9. The number of aromatic hydroxyl groups is 1. The van der Waals surface area contributed by atoms with Crippen LogP contribution in [0.1, 0.15) is 5.56 Å². The van der Waals surface area contributed by atoms with Gasteiger partial charge in [0.2, 0.25) is 0 Å². The number of halogens is 1. The van der Waals surface area contributed by atoms with E-state index in [0.717, 1.165) is 0 Å². The summed E-state index contributed by atoms with van der Waals surface area (Å²) in [5.41, 5.74) is 1.24. The average Bonchev–Trinajstić information content (AvgIpc) is 2.49. The molecule has 0 aliphatic heterocycles. The summed E-state index contributed by atoms with van der Waals surface area (Å²) >= 11 is 3.19. The minimum Gasteiger partial charge on any atom is -0.507 e. The molecule has 0 bridgehead atoms. The molecule has 0 radical (unpaired) electrons. The number of nitrogens with one attached hydrogen (secondary N) is 1. The second-order valence-corrected chi connectivity index (χ2v) is 5.06. The Morgan fingerprint density at radius 1 is 1.24 bits per heavy atom. The average molecular weight is 343 g/mol. The summed E-state index contributed by atoms with van der Waals surface area (Å²) in [6.07, 6.45) is 1.46. The summed E-state index contributed by atoms with van der Waals surface area (Å²) in [7, 11) is 0. The van der Waals surface area contributed by atoms with E-state index in [1.165, 1.54) is 12.1 Å². The van der Waals surface area contributed by atoms with Gasteiger partial charge in [0.25, 0.3) is 5.91 Å². The Bertz CT molecular complexity index is 734. The molecule has 0 aromatic heterocycles. The summed E-state index contributed by atoms with van der Waals surface area (Å²) < 4.78 is 0.497. The largest absolute Gasteiger partial charge is 0.507 e. The zero-order chi connectivity index (χ0) is 15.2. The van der Waals surface area contributed by atoms with Crippen LogP contribution in [0, 0.1) is 11.3 Å². The lowest BCUT2D eigenvalue weighted by atomic mass is 10.1. The molecule has 21 heavy (non-hydrogen) atoms. The Morgan fingerprint density at radius 2 is 1.95 bits per heavy atom. The Hall–Kier alpha value is -2.58. The predicted molar refractivity (Wildman–Crippen MR) is 84.5 cm³/mol. The van der Waals surface area contributed by atoms with Crippen LogP contribution < -0.4 is 5.32 Å². The smallest absolute Gasteiger partial charge is 0.266 e. The standard InChI is InChI=1S/C16H11BrN2O2/c17-14-9-11(6-7-15(14)20)8-12(10-18)16(21)19-13-4-2-1-3-5-13/h1-9,20H,(H,19,21)/b12-8+. The molecule has 4 nitrogen and oxygen atoms in total. The van der Waals surface area contributed by atoms with Crippen molar-refractivity contribution in [2.75, 3.05) is 5.32 Å². The van der Waals surface area contributed by atoms with Crippen molar-refractivity contribution < 1.29 is 9.90 Å². The number of amides is 1. The van der Waals surface area contributed by atoms with Crippen molar-refractivity contribution in [1.29, 1.82) is 5.26 Å². The molecule has 0 fully saturated rings. The normalized spacial score (nSPS) is 10.8. The van der Waals surface area contributed by atoms with Crippen LogP contribution in [0.5, 0.6) is 5.75 Å². The third-order valence-electron chi connectivity index (χ3n) is 2.68. The fourth-order valence-corrected chi connectivity index (χ4v) is 2.04. The topological polar surface area (TPSA) is 73.1 Å². The van der Waals surface area contributed by atoms with E-state index >= 15 is 0 Å². The number of anilines is 1. The fourth-order valence-electron chi connectivity index (χ4n) is 1.65. The van der Waals surface area contributed by atoms with Crippen molar-refractivity contribution in [3.05, 3.63) is 64.1 Å². The van der Waals surface area contributed by atoms with Crippen LogP contribution in [0.3, 0.4) is 0 Å². The van der Waals surface area contributed by atoms with Crippen molar-refractivity contribution >= 4 is 33.6 Å². The molecule has 2 aromatic carbocycles. The highest BCUT2D eigenvalue weighted by molar-refractivity contribution is 9.10. The van der Waals surface area contributed by atoms with Crippen LogP contribution in [0.4, 0.5) is 5.69 Å². The van der Waals surface area contributed by atoms with Crippen molar-refractivity contribution in [1.82, 2.24) is 0 Å². The van der Waals surface area contributed by atoms with Gasteiger partial charge in [-0.05, 0) is 51.8 Å². The molecule has 2 N–H and O–H groups in total. The Kier molecular flexibility index (Phi) is 4.75. The minimum absolute atomic E-state index is 0.0172. The number of hydrogen-bond acceptors (Lipinski definition) is 3. The number of carbonyl (C=O) groups is 1. The van der Waals surface area contributed by atoms with E-state index in [4.69, 9.17) is 5.26 Å². The first-order valence-electron chi connectivity index (χ1n) is 6.07. The van der Waals surface area contributed by atoms with E-state index in [-0.39, 0.29) is 11.3 Å². The van der Waals surface area contributed by atoms with Crippen LogP contribution >= 0.6 is 15.9 Å². The number of para-hydroxylation sites is 1. The molecule has 2 aromatic rings. The predicted octanol–water partition coefficient (Wildman–Crippen LogP) is 3.70. The second kappa shape index (κ2) is 6.73. The maximum absolute atomic E-state index is 12.0. The molecule has 104 valence electrons. The molecule has 0 unspecified atom stereocenters. The van der Waals surface area contributed by atoms with Crippen molar-refractivity contribution in [3.63, 3.8) is 0 Å². The molecule has 2 rings (SSSR count). The van der Waals surface area contributed by atoms with Gasteiger partial charge in [0, 0.05) is 5.69 Å². The molecule has 0 heterocycles. The summed E-state index contributed by atoms with van der Waals surface area (Å²) in [6.45, 7) is 0. The molecule has 1 amide bonds. The first-order valence-corrected chi connectivity index (χ1v) is 6.86. The molecule has 0 aliphatic rings. The van der Waals surface area contributed by atoms with Crippen LogP contribution in [-0.4, -0.2) is 11.0 Å². The minimum atomic E-state index is -0.479. The molecule has 0 spiro atoms. The number of nitriles is 1. The van der Waals surface area contributed by atoms with Crippen LogP contribution in [0.15, 0.2) is 58.6 Å². The van der Waals surface area contributed by atoms with Gasteiger partial charge in [0.15, 0.2) is 0 Å². The first kappa shape index (κ1) is 14.8. The van der Waals surface area contributed by atoms with Crippen LogP contribution in [-0.2, 0) is 4.79 Å². The van der Waals surface area contributed by atoms with E-state index in [1.807, 2.05) is 12.1 Å². The Balaban J connectivity index is 2.22. The molecule has 0 atom stereocenters. The van der Waals surface area contributed by atoms with Crippen molar-refractivity contribution in [2.24, 2.45) is 0 Å². The van der Waals surface area contributed by atoms with E-state index in [1.54, 1.807) is 36.4 Å². The number of carbonyl (C=O) groups excluding carboxylic acids is 1. The number of benzene rings is 2. The monoisotopic (exact) mass is 342 g/mol. The van der Waals surface area contributed by atoms with E-state index in [9.17, 15) is 9.90 Å². The number of phenolic OH excluding ortho intramolecular Hbond substituents is 1. The SMILES string of the molecule is N#C/C(=C\c1ccc(O)c(Br)c1)C(=O)Nc1ccccc1. The van der Waals surface area contributed by atoms with Crippen LogP contribution in [0.25, 0.3) is 6.08 Å². The highest BCUT2D eigenvalue weighted by Gasteiger charge is 2.09. The molecule has 0 saturated heterocycles. The van der Waals surface area contributed by atoms with Gasteiger partial charge in [-0.25, -0.2) is 0 Å². The number of phenols is 1. The van der Waals surface area contributed by atoms with Gasteiger partial charge in [-0.1, -0.05) is 24.3 Å². The second-order valence-electron chi connectivity index (χ2n) is 4.20. The van der Waals surface area contributed by atoms with Gasteiger partial charge in [-0.15, -0.1) is 0 Å². The molecular weight excluding hydrogens is 332 g/mol. The summed E-state index contributed by atoms with van der Waals surface area (Å²) in [5.74, 6) is -0.382. The molecule has 0 aliphatic carbocycles. The van der Waals surface area contributed by atoms with E-state index < -0.39 is 5.91 Å². The van der Waals surface area contributed by atoms with Gasteiger partial charge in [-0.2, -0.15) is 5.26 Å². The first-order chi connectivity index (χ1) is 10.1. The van der Waals surface area contributed by atoms with Gasteiger partial charge < -0.3 is 10.4 Å². The summed E-state index contributed by atoms with van der Waals surface area (Å²) in [4.78, 5) is 12.0. The summed E-state index contributed by atoms with van der Waals surface area (Å²) in [5, 5.41) is 21.2. The lowest BCUT2D eigenvalue weighted by Crippen LogP contribution is -2.13. The van der Waals surface area contributed by atoms with E-state index in [2.05, 4.69) is 21.2 Å². The van der Waals surface area contributed by atoms with Gasteiger partial charge in [-0.3, -0.25) is 4.79 Å². The number of rotatable bonds is 3. The molecular formula is C16H11BrN2O2. The third kappa shape index (κ3) is 3.94. The van der Waals surface area contributed by atoms with E-state index in [0.29, 0.717) is 15.7 Å². The van der Waals surface area contributed by atoms with Crippen LogP contribution in [0.2, 0.25) is 0 Å². The summed E-state index contributed by atoms with van der Waals surface area (Å²) in [6, 6.07) is 15.5. The van der Waals surface area contributed by atoms with Gasteiger partial charge in [0.05, 0.1) is 4.47 Å². The van der Waals surface area contributed by atoms with Gasteiger partial charge in [0.1, 0.15) is 17.4 Å². The van der Waals surface area contributed by atoms with Gasteiger partial charge >= 0.3 is 0 Å². The zero-order valence-electron chi connectivity index (χ0n) is 10.9. The Morgan fingerprint density at radius 3 is 2.57 bits per heavy atom. The maximum Gasteiger partial charge on any atom is 0.266 e. The third-order valence-corrected chi connectivity index (χ3v) is 3.31. The molecule has 5 heteroatoms. The van der Waals surface area contributed by atoms with Crippen molar-refractivity contribution in [2.45, 2.75) is 0 Å². The fraction of sp³-hybridized carbons (Fsp3) is 0. The quantitative estimate of drug-likeness (QED) is 0.659. The number of hydrogen-bond donors (Lipinski definition) is 2. The highest BCUT2D eigenvalue weighted by Crippen LogP contribution is 2.25. The maximum atomic E-state index is 12.0. The lowest BCUT2D eigenvalue weighted by Gasteiger charge is -2.04. The van der Waals surface area contributed by atoms with Crippen molar-refractivity contribution in [3.8, 4) is 11.8 Å². The molecule has 0 saturated carbocycles.